The SMILES string of the molecule is COc1ccc(CC(=O)O)cc1S(=O)(=O)NC1(c2nc(C)cs2)CCC1. The minimum absolute atomic E-state index is 0.0571. The van der Waals surface area contributed by atoms with Crippen LogP contribution in [0.25, 0.3) is 0 Å². The molecule has 9 heteroatoms. The third kappa shape index (κ3) is 3.60. The Kier molecular flexibility index (Phi) is 5.05. The van der Waals surface area contributed by atoms with Crippen molar-refractivity contribution in [2.24, 2.45) is 0 Å². The van der Waals surface area contributed by atoms with Gasteiger partial charge in [-0.2, -0.15) is 4.72 Å². The maximum absolute atomic E-state index is 13.1. The molecule has 1 aliphatic carbocycles. The fourth-order valence-electron chi connectivity index (χ4n) is 2.99. The zero-order valence-corrected chi connectivity index (χ0v) is 16.1. The summed E-state index contributed by atoms with van der Waals surface area (Å²) in [5.41, 5.74) is 0.550. The molecular weight excluding hydrogens is 376 g/mol. The second-order valence-electron chi connectivity index (χ2n) is 6.39. The molecule has 0 spiro atoms. The molecule has 0 amide bonds. The van der Waals surface area contributed by atoms with Crippen LogP contribution in [-0.2, 0) is 26.8 Å². The van der Waals surface area contributed by atoms with Gasteiger partial charge in [-0.3, -0.25) is 4.79 Å². The smallest absolute Gasteiger partial charge is 0.307 e. The zero-order chi connectivity index (χ0) is 18.9. The molecule has 1 aromatic heterocycles. The third-order valence-corrected chi connectivity index (χ3v) is 7.16. The fourth-order valence-corrected chi connectivity index (χ4v) is 5.72. The van der Waals surface area contributed by atoms with Gasteiger partial charge in [-0.05, 0) is 43.9 Å². The summed E-state index contributed by atoms with van der Waals surface area (Å²) in [5, 5.41) is 11.6. The molecule has 140 valence electrons. The van der Waals surface area contributed by atoms with E-state index in [-0.39, 0.29) is 17.1 Å². The van der Waals surface area contributed by atoms with E-state index in [1.165, 1.54) is 30.6 Å². The molecule has 26 heavy (non-hydrogen) atoms. The summed E-state index contributed by atoms with van der Waals surface area (Å²) >= 11 is 1.44. The first kappa shape index (κ1) is 18.8. The van der Waals surface area contributed by atoms with Crippen molar-refractivity contribution in [3.05, 3.63) is 39.8 Å². The van der Waals surface area contributed by atoms with Crippen LogP contribution in [0.1, 0.15) is 35.5 Å². The summed E-state index contributed by atoms with van der Waals surface area (Å²) in [5.74, 6) is -0.850. The highest BCUT2D eigenvalue weighted by molar-refractivity contribution is 7.89. The van der Waals surface area contributed by atoms with Gasteiger partial charge in [-0.1, -0.05) is 6.07 Å². The van der Waals surface area contributed by atoms with Crippen LogP contribution >= 0.6 is 11.3 Å². The molecule has 0 unspecified atom stereocenters. The van der Waals surface area contributed by atoms with E-state index in [1.807, 2.05) is 12.3 Å². The van der Waals surface area contributed by atoms with Crippen LogP contribution in [0.15, 0.2) is 28.5 Å². The van der Waals surface area contributed by atoms with E-state index in [2.05, 4.69) is 9.71 Å². The molecule has 1 aliphatic rings. The van der Waals surface area contributed by atoms with Gasteiger partial charge in [0.05, 0.1) is 19.1 Å². The lowest BCUT2D eigenvalue weighted by atomic mass is 9.78. The van der Waals surface area contributed by atoms with Crippen LogP contribution in [0.4, 0.5) is 0 Å². The number of nitrogens with zero attached hydrogens (tertiary/aromatic N) is 1. The van der Waals surface area contributed by atoms with E-state index in [0.717, 1.165) is 17.1 Å². The summed E-state index contributed by atoms with van der Waals surface area (Å²) in [6, 6.07) is 4.39. The number of carboxylic acid groups (broad SMARTS) is 1. The van der Waals surface area contributed by atoms with Gasteiger partial charge in [0.15, 0.2) is 0 Å². The maximum atomic E-state index is 13.1. The number of ether oxygens (including phenoxy) is 1. The third-order valence-electron chi connectivity index (χ3n) is 4.44. The van der Waals surface area contributed by atoms with Crippen LogP contribution in [0.2, 0.25) is 0 Å². The highest BCUT2D eigenvalue weighted by Crippen LogP contribution is 2.44. The van der Waals surface area contributed by atoms with Gasteiger partial charge in [0.2, 0.25) is 10.0 Å². The van der Waals surface area contributed by atoms with E-state index in [9.17, 15) is 13.2 Å². The monoisotopic (exact) mass is 396 g/mol. The first-order chi connectivity index (χ1) is 12.3. The number of hydrogen-bond acceptors (Lipinski definition) is 6. The lowest BCUT2D eigenvalue weighted by Crippen LogP contribution is -2.50. The van der Waals surface area contributed by atoms with Crippen molar-refractivity contribution >= 4 is 27.3 Å². The molecule has 0 aliphatic heterocycles. The summed E-state index contributed by atoms with van der Waals surface area (Å²) in [6.07, 6.45) is 2.01. The molecule has 0 bridgehead atoms. The molecule has 0 atom stereocenters. The van der Waals surface area contributed by atoms with Gasteiger partial charge >= 0.3 is 5.97 Å². The lowest BCUT2D eigenvalue weighted by molar-refractivity contribution is -0.136. The molecule has 1 heterocycles. The van der Waals surface area contributed by atoms with Gasteiger partial charge < -0.3 is 9.84 Å². The second-order valence-corrected chi connectivity index (χ2v) is 8.90. The second kappa shape index (κ2) is 6.98. The van der Waals surface area contributed by atoms with E-state index in [4.69, 9.17) is 9.84 Å². The quantitative estimate of drug-likeness (QED) is 0.745. The molecule has 0 saturated heterocycles. The number of benzene rings is 1. The van der Waals surface area contributed by atoms with Crippen molar-refractivity contribution in [2.75, 3.05) is 7.11 Å². The molecule has 2 aromatic rings. The molecule has 1 aromatic carbocycles. The highest BCUT2D eigenvalue weighted by atomic mass is 32.2. The normalized spacial score (nSPS) is 16.1. The number of aryl methyl sites for hydroxylation is 1. The minimum atomic E-state index is -3.92. The molecule has 7 nitrogen and oxygen atoms in total. The Labute approximate surface area is 156 Å². The number of sulfonamides is 1. The minimum Gasteiger partial charge on any atom is -0.495 e. The molecule has 1 saturated carbocycles. The average Bonchev–Trinajstić information content (AvgIpc) is 2.97. The van der Waals surface area contributed by atoms with Crippen LogP contribution in [0, 0.1) is 6.92 Å². The van der Waals surface area contributed by atoms with E-state index < -0.39 is 21.5 Å². The fraction of sp³-hybridized carbons (Fsp3) is 0.412. The van der Waals surface area contributed by atoms with Crippen LogP contribution in [0.5, 0.6) is 5.75 Å². The van der Waals surface area contributed by atoms with Crippen LogP contribution in [0.3, 0.4) is 0 Å². The predicted molar refractivity (Wildman–Crippen MR) is 97.0 cm³/mol. The summed E-state index contributed by atoms with van der Waals surface area (Å²) < 4.78 is 34.1. The number of thiazole rings is 1. The van der Waals surface area contributed by atoms with Gasteiger partial charge in [0, 0.05) is 11.1 Å². The summed E-state index contributed by atoms with van der Waals surface area (Å²) in [7, 11) is -2.54. The van der Waals surface area contributed by atoms with Crippen LogP contribution in [-0.4, -0.2) is 31.6 Å². The Bertz CT molecular complexity index is 932. The summed E-state index contributed by atoms with van der Waals surface area (Å²) in [4.78, 5) is 15.4. The number of nitrogens with one attached hydrogen (secondary N) is 1. The first-order valence-corrected chi connectivity index (χ1v) is 10.5. The zero-order valence-electron chi connectivity index (χ0n) is 14.5. The van der Waals surface area contributed by atoms with Crippen molar-refractivity contribution in [3.63, 3.8) is 0 Å². The number of rotatable bonds is 7. The Morgan fingerprint density at radius 3 is 2.65 bits per heavy atom. The molecule has 0 radical (unpaired) electrons. The van der Waals surface area contributed by atoms with Gasteiger partial charge in [0.1, 0.15) is 15.7 Å². The van der Waals surface area contributed by atoms with Gasteiger partial charge in [0.25, 0.3) is 0 Å². The van der Waals surface area contributed by atoms with Crippen molar-refractivity contribution in [2.45, 2.75) is 43.0 Å². The van der Waals surface area contributed by atoms with E-state index in [0.29, 0.717) is 18.4 Å². The van der Waals surface area contributed by atoms with Crippen molar-refractivity contribution in [3.8, 4) is 5.75 Å². The number of carbonyl (C=O) groups is 1. The van der Waals surface area contributed by atoms with Crippen molar-refractivity contribution < 1.29 is 23.1 Å². The Morgan fingerprint density at radius 2 is 2.15 bits per heavy atom. The van der Waals surface area contributed by atoms with Gasteiger partial charge in [-0.25, -0.2) is 13.4 Å². The largest absolute Gasteiger partial charge is 0.495 e. The average molecular weight is 396 g/mol. The molecule has 2 N–H and O–H groups in total. The van der Waals surface area contributed by atoms with Gasteiger partial charge in [-0.15, -0.1) is 11.3 Å². The maximum Gasteiger partial charge on any atom is 0.307 e. The van der Waals surface area contributed by atoms with Crippen molar-refractivity contribution in [1.82, 2.24) is 9.71 Å². The number of aromatic nitrogens is 1. The number of carboxylic acids is 1. The number of hydrogen-bond donors (Lipinski definition) is 2. The first-order valence-electron chi connectivity index (χ1n) is 8.11. The molecule has 3 rings (SSSR count). The van der Waals surface area contributed by atoms with E-state index >= 15 is 0 Å². The number of aliphatic carboxylic acids is 1. The Balaban J connectivity index is 1.98. The number of methoxy groups -OCH3 is 1. The molecular formula is C17H20N2O5S2. The van der Waals surface area contributed by atoms with Crippen molar-refractivity contribution in [1.29, 1.82) is 0 Å². The van der Waals surface area contributed by atoms with Crippen LogP contribution < -0.4 is 9.46 Å². The Morgan fingerprint density at radius 1 is 1.42 bits per heavy atom. The molecule has 1 fully saturated rings. The standard InChI is InChI=1S/C17H20N2O5S2/c1-11-10-25-16(18-11)17(6-3-7-17)19-26(22,23)14-8-12(9-15(20)21)4-5-13(14)24-2/h4-5,8,10,19H,3,6-7,9H2,1-2H3,(H,20,21). The lowest BCUT2D eigenvalue weighted by Gasteiger charge is -2.40. The Hall–Kier alpha value is -1.97. The predicted octanol–water partition coefficient (Wildman–Crippen LogP) is 2.44. The topological polar surface area (TPSA) is 106 Å². The van der Waals surface area contributed by atoms with E-state index in [1.54, 1.807) is 6.07 Å². The summed E-state index contributed by atoms with van der Waals surface area (Å²) in [6.45, 7) is 1.87. The highest BCUT2D eigenvalue weighted by Gasteiger charge is 2.45.